The second-order valence-corrected chi connectivity index (χ2v) is 16.7. The van der Waals surface area contributed by atoms with Gasteiger partial charge in [0.1, 0.15) is 0 Å². The topological polar surface area (TPSA) is 52.6 Å². The average Bonchev–Trinajstić information content (AvgIpc) is 3.17. The molecule has 0 amide bonds. The smallest absolute Gasteiger partial charge is 0.305 e. The van der Waals surface area contributed by atoms with Crippen LogP contribution in [0.3, 0.4) is 0 Å². The normalized spacial score (nSPS) is 11.0. The van der Waals surface area contributed by atoms with Crippen molar-refractivity contribution in [3.05, 3.63) is 0 Å². The van der Waals surface area contributed by atoms with Crippen LogP contribution in [0, 0.1) is 0 Å². The summed E-state index contributed by atoms with van der Waals surface area (Å²) in [4.78, 5) is 23.4. The van der Waals surface area contributed by atoms with Gasteiger partial charge in [0.2, 0.25) is 0 Å². The van der Waals surface area contributed by atoms with Gasteiger partial charge in [0, 0.05) is 12.8 Å². The molecule has 0 aliphatic rings. The molecule has 0 spiro atoms. The molecule has 0 aromatic carbocycles. The molecule has 0 N–H and O–H groups in total. The molecule has 4 nitrogen and oxygen atoms in total. The van der Waals surface area contributed by atoms with E-state index in [0.29, 0.717) is 26.1 Å². The molecule has 324 valence electrons. The van der Waals surface area contributed by atoms with Crippen LogP contribution >= 0.6 is 0 Å². The largest absolute Gasteiger partial charge is 0.466 e. The van der Waals surface area contributed by atoms with Crippen molar-refractivity contribution in [1.29, 1.82) is 0 Å². The fraction of sp³-hybridized carbons (Fsp3) is 0.960. The van der Waals surface area contributed by atoms with Crippen LogP contribution in [0.2, 0.25) is 0 Å². The van der Waals surface area contributed by atoms with E-state index in [-0.39, 0.29) is 11.9 Å². The minimum absolute atomic E-state index is 0.0134. The standard InChI is InChI=1S/C28H56O2.C22H44O2/c1-3-5-7-9-11-13-15-16-17-18-20-22-24-26-28(29)30-27-25-23-21-19-14-12-10-8-6-4-2;1-3-5-7-9-11-12-13-14-15-16-18-20-22(23)24-21-19-17-10-8-6-4-2/h3-27H2,1-2H3;3-21H2,1-2H3. The summed E-state index contributed by atoms with van der Waals surface area (Å²) in [5, 5.41) is 0. The highest BCUT2D eigenvalue weighted by Crippen LogP contribution is 2.15. The Kier molecular flexibility index (Phi) is 52.9. The molecule has 0 heterocycles. The molecule has 4 heteroatoms. The van der Waals surface area contributed by atoms with Crippen LogP contribution in [0.15, 0.2) is 0 Å². The van der Waals surface area contributed by atoms with E-state index in [4.69, 9.17) is 9.47 Å². The van der Waals surface area contributed by atoms with Gasteiger partial charge in [-0.15, -0.1) is 0 Å². The summed E-state index contributed by atoms with van der Waals surface area (Å²) in [7, 11) is 0. The molecule has 0 aromatic rings. The summed E-state index contributed by atoms with van der Waals surface area (Å²) < 4.78 is 10.7. The maximum atomic E-state index is 11.8. The highest BCUT2D eigenvalue weighted by Gasteiger charge is 2.04. The van der Waals surface area contributed by atoms with Crippen LogP contribution in [0.4, 0.5) is 0 Å². The number of esters is 2. The fourth-order valence-corrected chi connectivity index (χ4v) is 7.21. The Morgan fingerprint density at radius 3 is 0.611 bits per heavy atom. The van der Waals surface area contributed by atoms with Crippen molar-refractivity contribution in [2.24, 2.45) is 0 Å². The van der Waals surface area contributed by atoms with Gasteiger partial charge in [-0.3, -0.25) is 9.59 Å². The Morgan fingerprint density at radius 1 is 0.241 bits per heavy atom. The van der Waals surface area contributed by atoms with Crippen molar-refractivity contribution in [2.75, 3.05) is 13.2 Å². The Morgan fingerprint density at radius 2 is 0.407 bits per heavy atom. The SMILES string of the molecule is CCCCCCCCCCCCCC(=O)OCCCCCCCC.CCCCCCCCCCCCCCCC(=O)OCCCCCCCCCCCC. The lowest BCUT2D eigenvalue weighted by molar-refractivity contribution is -0.144. The molecule has 0 saturated carbocycles. The molecule has 0 aliphatic heterocycles. The second kappa shape index (κ2) is 51.9. The summed E-state index contributed by atoms with van der Waals surface area (Å²) in [6, 6.07) is 0. The van der Waals surface area contributed by atoms with Gasteiger partial charge in [-0.2, -0.15) is 0 Å². The van der Waals surface area contributed by atoms with Crippen molar-refractivity contribution >= 4 is 11.9 Å². The van der Waals surface area contributed by atoms with Crippen molar-refractivity contribution in [3.8, 4) is 0 Å². The molecule has 54 heavy (non-hydrogen) atoms. The van der Waals surface area contributed by atoms with E-state index in [1.807, 2.05) is 0 Å². The first-order valence-corrected chi connectivity index (χ1v) is 24.9. The van der Waals surface area contributed by atoms with E-state index >= 15 is 0 Å². The van der Waals surface area contributed by atoms with E-state index in [2.05, 4.69) is 27.7 Å². The van der Waals surface area contributed by atoms with Crippen LogP contribution in [0.25, 0.3) is 0 Å². The average molecular weight is 765 g/mol. The summed E-state index contributed by atoms with van der Waals surface area (Å²) in [6.07, 6.45) is 53.9. The number of ether oxygens (including phenoxy) is 2. The zero-order valence-electron chi connectivity index (χ0n) is 37.7. The van der Waals surface area contributed by atoms with E-state index in [9.17, 15) is 9.59 Å². The summed E-state index contributed by atoms with van der Waals surface area (Å²) in [5.74, 6) is 0.0356. The highest BCUT2D eigenvalue weighted by molar-refractivity contribution is 5.69. The van der Waals surface area contributed by atoms with Crippen molar-refractivity contribution < 1.29 is 19.1 Å². The van der Waals surface area contributed by atoms with Crippen LogP contribution in [-0.2, 0) is 19.1 Å². The van der Waals surface area contributed by atoms with Gasteiger partial charge in [0.15, 0.2) is 0 Å². The van der Waals surface area contributed by atoms with Gasteiger partial charge in [0.05, 0.1) is 13.2 Å². The van der Waals surface area contributed by atoms with E-state index < -0.39 is 0 Å². The Bertz CT molecular complexity index is 692. The monoisotopic (exact) mass is 765 g/mol. The van der Waals surface area contributed by atoms with Gasteiger partial charge in [-0.05, 0) is 25.7 Å². The first-order valence-electron chi connectivity index (χ1n) is 24.9. The summed E-state index contributed by atoms with van der Waals surface area (Å²) >= 11 is 0. The molecule has 0 saturated heterocycles. The number of unbranched alkanes of at least 4 members (excludes halogenated alkanes) is 36. The van der Waals surface area contributed by atoms with E-state index in [1.165, 1.54) is 231 Å². The predicted octanol–water partition coefficient (Wildman–Crippen LogP) is 17.5. The van der Waals surface area contributed by atoms with Crippen LogP contribution in [-0.4, -0.2) is 25.2 Å². The third-order valence-electron chi connectivity index (χ3n) is 11.0. The third-order valence-corrected chi connectivity index (χ3v) is 11.0. The summed E-state index contributed by atoms with van der Waals surface area (Å²) in [5.41, 5.74) is 0. The number of rotatable bonds is 44. The van der Waals surface area contributed by atoms with E-state index in [0.717, 1.165) is 25.7 Å². The number of carbonyl (C=O) groups excluding carboxylic acids is 2. The van der Waals surface area contributed by atoms with E-state index in [1.54, 1.807) is 0 Å². The fourth-order valence-electron chi connectivity index (χ4n) is 7.21. The lowest BCUT2D eigenvalue weighted by Gasteiger charge is -2.06. The first-order chi connectivity index (χ1) is 26.6. The minimum Gasteiger partial charge on any atom is -0.466 e. The van der Waals surface area contributed by atoms with Crippen LogP contribution in [0.5, 0.6) is 0 Å². The lowest BCUT2D eigenvalue weighted by atomic mass is 10.0. The number of carbonyl (C=O) groups is 2. The first kappa shape index (κ1) is 55.0. The predicted molar refractivity (Wildman–Crippen MR) is 239 cm³/mol. The molecule has 0 rings (SSSR count). The maximum Gasteiger partial charge on any atom is 0.305 e. The number of hydrogen-bond acceptors (Lipinski definition) is 4. The van der Waals surface area contributed by atoms with Gasteiger partial charge < -0.3 is 9.47 Å². The molecule has 0 aromatic heterocycles. The van der Waals surface area contributed by atoms with Crippen molar-refractivity contribution in [1.82, 2.24) is 0 Å². The highest BCUT2D eigenvalue weighted by atomic mass is 16.5. The van der Waals surface area contributed by atoms with Gasteiger partial charge >= 0.3 is 11.9 Å². The molecular formula is C50H100O4. The Hall–Kier alpha value is -1.06. The zero-order chi connectivity index (χ0) is 39.7. The quantitative estimate of drug-likeness (QED) is 0.0458. The van der Waals surface area contributed by atoms with Gasteiger partial charge in [0.25, 0.3) is 0 Å². The third kappa shape index (κ3) is 53.0. The van der Waals surface area contributed by atoms with Crippen LogP contribution in [0.1, 0.15) is 297 Å². The zero-order valence-corrected chi connectivity index (χ0v) is 37.7. The number of hydrogen-bond donors (Lipinski definition) is 0. The molecule has 0 bridgehead atoms. The molecule has 0 fully saturated rings. The minimum atomic E-state index is 0.0134. The Balaban J connectivity index is 0. The lowest BCUT2D eigenvalue weighted by Crippen LogP contribution is -2.05. The Labute approximate surface area is 340 Å². The maximum absolute atomic E-state index is 11.8. The van der Waals surface area contributed by atoms with Gasteiger partial charge in [-0.1, -0.05) is 259 Å². The van der Waals surface area contributed by atoms with Crippen LogP contribution < -0.4 is 0 Å². The summed E-state index contributed by atoms with van der Waals surface area (Å²) in [6.45, 7) is 10.3. The van der Waals surface area contributed by atoms with Gasteiger partial charge in [-0.25, -0.2) is 0 Å². The molecule has 0 aliphatic carbocycles. The molecular weight excluding hydrogens is 665 g/mol. The van der Waals surface area contributed by atoms with Crippen molar-refractivity contribution in [2.45, 2.75) is 297 Å². The van der Waals surface area contributed by atoms with Crippen molar-refractivity contribution in [3.63, 3.8) is 0 Å². The molecule has 0 atom stereocenters. The second-order valence-electron chi connectivity index (χ2n) is 16.7. The molecule has 0 radical (unpaired) electrons. The molecule has 0 unspecified atom stereocenters.